The summed E-state index contributed by atoms with van der Waals surface area (Å²) in [4.78, 5) is 29.1. The Bertz CT molecular complexity index is 1240. The van der Waals surface area contributed by atoms with E-state index >= 15 is 0 Å². The highest BCUT2D eigenvalue weighted by molar-refractivity contribution is 5.84. The van der Waals surface area contributed by atoms with E-state index in [0.717, 1.165) is 4.57 Å². The number of amides is 2. The van der Waals surface area contributed by atoms with Gasteiger partial charge in [0.25, 0.3) is 11.8 Å². The van der Waals surface area contributed by atoms with Gasteiger partial charge in [-0.15, -0.1) is 0 Å². The highest BCUT2D eigenvalue weighted by Crippen LogP contribution is 2.31. The van der Waals surface area contributed by atoms with Crippen LogP contribution in [0.1, 0.15) is 18.3 Å². The van der Waals surface area contributed by atoms with Crippen molar-refractivity contribution in [2.24, 2.45) is 5.10 Å². The molecule has 0 bridgehead atoms. The number of hydrogen-bond acceptors (Lipinski definition) is 6. The molecule has 1 aromatic heterocycles. The van der Waals surface area contributed by atoms with Crippen LogP contribution in [0.4, 0.5) is 13.2 Å². The Labute approximate surface area is 199 Å². The second-order valence-electron chi connectivity index (χ2n) is 7.52. The van der Waals surface area contributed by atoms with Gasteiger partial charge in [0.1, 0.15) is 6.54 Å². The average Bonchev–Trinajstić information content (AvgIpc) is 3.17. The van der Waals surface area contributed by atoms with Crippen LogP contribution in [-0.4, -0.2) is 59.8 Å². The third-order valence-corrected chi connectivity index (χ3v) is 4.73. The first-order valence-electron chi connectivity index (χ1n) is 10.5. The Kier molecular flexibility index (Phi) is 7.94. The number of imidazole rings is 1. The van der Waals surface area contributed by atoms with Crippen LogP contribution >= 0.6 is 0 Å². The van der Waals surface area contributed by atoms with Gasteiger partial charge in [-0.3, -0.25) is 9.59 Å². The van der Waals surface area contributed by atoms with Gasteiger partial charge in [0.15, 0.2) is 18.1 Å². The minimum absolute atomic E-state index is 0.133. The number of ether oxygens (including phenoxy) is 2. The smallest absolute Gasteiger partial charge is 0.449 e. The molecule has 0 saturated heterocycles. The summed E-state index contributed by atoms with van der Waals surface area (Å²) in [5.41, 5.74) is 3.07. The Morgan fingerprint density at radius 2 is 1.89 bits per heavy atom. The molecule has 35 heavy (non-hydrogen) atoms. The average molecular weight is 491 g/mol. The zero-order valence-corrected chi connectivity index (χ0v) is 19.3. The summed E-state index contributed by atoms with van der Waals surface area (Å²) in [7, 11) is 3.23. The number of hydrazone groups is 1. The molecular formula is C23H24F3N5O4. The van der Waals surface area contributed by atoms with Crippen LogP contribution in [0.15, 0.2) is 47.6 Å². The van der Waals surface area contributed by atoms with Gasteiger partial charge in [-0.05, 0) is 42.8 Å². The maximum absolute atomic E-state index is 13.4. The van der Waals surface area contributed by atoms with E-state index in [9.17, 15) is 22.8 Å². The van der Waals surface area contributed by atoms with Crippen LogP contribution in [0.5, 0.6) is 11.5 Å². The van der Waals surface area contributed by atoms with Gasteiger partial charge in [-0.25, -0.2) is 10.4 Å². The van der Waals surface area contributed by atoms with Crippen LogP contribution < -0.4 is 14.9 Å². The van der Waals surface area contributed by atoms with Crippen molar-refractivity contribution in [2.45, 2.75) is 19.6 Å². The van der Waals surface area contributed by atoms with Gasteiger partial charge >= 0.3 is 6.18 Å². The first kappa shape index (κ1) is 25.5. The van der Waals surface area contributed by atoms with Crippen molar-refractivity contribution in [3.8, 4) is 11.5 Å². The lowest BCUT2D eigenvalue weighted by atomic mass is 10.2. The molecule has 0 aliphatic rings. The molecule has 0 spiro atoms. The van der Waals surface area contributed by atoms with Gasteiger partial charge in [0.2, 0.25) is 5.82 Å². The van der Waals surface area contributed by atoms with Crippen molar-refractivity contribution >= 4 is 29.1 Å². The summed E-state index contributed by atoms with van der Waals surface area (Å²) in [5, 5.41) is 3.83. The predicted molar refractivity (Wildman–Crippen MR) is 122 cm³/mol. The number of likely N-dealkylation sites (N-methyl/N-ethyl adjacent to an activating group) is 1. The molecule has 0 saturated carbocycles. The summed E-state index contributed by atoms with van der Waals surface area (Å²) in [6.07, 6.45) is -3.41. The molecule has 0 aliphatic heterocycles. The summed E-state index contributed by atoms with van der Waals surface area (Å²) in [6.45, 7) is 1.34. The number of halogens is 3. The van der Waals surface area contributed by atoms with Crippen LogP contribution in [-0.2, 0) is 22.3 Å². The monoisotopic (exact) mass is 491 g/mol. The summed E-state index contributed by atoms with van der Waals surface area (Å²) < 4.78 is 52.0. The molecule has 9 nitrogen and oxygen atoms in total. The van der Waals surface area contributed by atoms with Gasteiger partial charge < -0.3 is 18.9 Å². The van der Waals surface area contributed by atoms with E-state index in [1.807, 2.05) is 0 Å². The molecule has 0 aliphatic carbocycles. The second kappa shape index (κ2) is 10.9. The van der Waals surface area contributed by atoms with E-state index in [1.165, 1.54) is 23.2 Å². The number of nitrogens with one attached hydrogen (secondary N) is 1. The van der Waals surface area contributed by atoms with E-state index in [0.29, 0.717) is 23.7 Å². The quantitative estimate of drug-likeness (QED) is 0.367. The summed E-state index contributed by atoms with van der Waals surface area (Å²) in [5.74, 6) is -1.42. The number of fused-ring (bicyclic) bond motifs is 1. The number of para-hydroxylation sites is 2. The molecule has 3 aromatic rings. The van der Waals surface area contributed by atoms with Crippen molar-refractivity contribution in [1.29, 1.82) is 0 Å². The van der Waals surface area contributed by atoms with E-state index in [2.05, 4.69) is 15.5 Å². The molecule has 12 heteroatoms. The van der Waals surface area contributed by atoms with Gasteiger partial charge in [0, 0.05) is 14.1 Å². The fourth-order valence-electron chi connectivity index (χ4n) is 3.07. The highest BCUT2D eigenvalue weighted by Gasteiger charge is 2.38. The van der Waals surface area contributed by atoms with Crippen LogP contribution in [0, 0.1) is 0 Å². The lowest BCUT2D eigenvalue weighted by Gasteiger charge is -2.14. The molecule has 3 rings (SSSR count). The van der Waals surface area contributed by atoms with Crippen molar-refractivity contribution in [1.82, 2.24) is 19.9 Å². The molecule has 1 N–H and O–H groups in total. The molecule has 0 radical (unpaired) electrons. The number of alkyl halides is 3. The van der Waals surface area contributed by atoms with Crippen molar-refractivity contribution in [2.75, 3.05) is 27.3 Å². The van der Waals surface area contributed by atoms with Crippen LogP contribution in [0.25, 0.3) is 11.0 Å². The van der Waals surface area contributed by atoms with Gasteiger partial charge in [-0.2, -0.15) is 18.3 Å². The number of carbonyl (C=O) groups excluding carboxylic acids is 2. The lowest BCUT2D eigenvalue weighted by Crippen LogP contribution is -2.27. The summed E-state index contributed by atoms with van der Waals surface area (Å²) >= 11 is 0. The molecule has 2 aromatic carbocycles. The highest BCUT2D eigenvalue weighted by atomic mass is 19.4. The molecule has 2 amide bonds. The fourth-order valence-corrected chi connectivity index (χ4v) is 3.07. The zero-order chi connectivity index (χ0) is 25.6. The van der Waals surface area contributed by atoms with Gasteiger partial charge in [-0.1, -0.05) is 12.1 Å². The topological polar surface area (TPSA) is 98.0 Å². The minimum atomic E-state index is -4.72. The molecule has 0 atom stereocenters. The Morgan fingerprint density at radius 3 is 2.57 bits per heavy atom. The maximum atomic E-state index is 13.4. The van der Waals surface area contributed by atoms with E-state index in [1.54, 1.807) is 51.4 Å². The Morgan fingerprint density at radius 1 is 1.14 bits per heavy atom. The van der Waals surface area contributed by atoms with Crippen molar-refractivity contribution < 1.29 is 32.2 Å². The largest absolute Gasteiger partial charge is 0.490 e. The van der Waals surface area contributed by atoms with Crippen LogP contribution in [0.3, 0.4) is 0 Å². The van der Waals surface area contributed by atoms with E-state index in [-0.39, 0.29) is 23.5 Å². The van der Waals surface area contributed by atoms with E-state index in [4.69, 9.17) is 9.47 Å². The third kappa shape index (κ3) is 6.49. The maximum Gasteiger partial charge on any atom is 0.449 e. The SMILES string of the molecule is CCOc1cc(C=NNC(=O)Cn2c(C(F)(F)F)nc3ccccc32)ccc1OCC(=O)N(C)C. The Balaban J connectivity index is 1.70. The second-order valence-corrected chi connectivity index (χ2v) is 7.52. The zero-order valence-electron chi connectivity index (χ0n) is 19.3. The lowest BCUT2D eigenvalue weighted by molar-refractivity contribution is -0.147. The number of carbonyl (C=O) groups is 2. The molecule has 0 fully saturated rings. The van der Waals surface area contributed by atoms with Gasteiger partial charge in [0.05, 0.1) is 23.9 Å². The number of aromatic nitrogens is 2. The van der Waals surface area contributed by atoms with Crippen molar-refractivity contribution in [3.05, 3.63) is 53.9 Å². The molecule has 0 unspecified atom stereocenters. The Hall–Kier alpha value is -4.09. The third-order valence-electron chi connectivity index (χ3n) is 4.73. The minimum Gasteiger partial charge on any atom is -0.490 e. The molecular weight excluding hydrogens is 467 g/mol. The molecule has 186 valence electrons. The first-order chi connectivity index (χ1) is 16.6. The van der Waals surface area contributed by atoms with Crippen molar-refractivity contribution in [3.63, 3.8) is 0 Å². The molecule has 1 heterocycles. The normalized spacial score (nSPS) is 11.6. The number of hydrogen-bond donors (Lipinski definition) is 1. The first-order valence-corrected chi connectivity index (χ1v) is 10.5. The summed E-state index contributed by atoms with van der Waals surface area (Å²) in [6, 6.07) is 10.8. The standard InChI is InChI=1S/C23H24F3N5O4/c1-4-34-19-11-15(9-10-18(19)35-14-21(33)30(2)3)12-27-29-20(32)13-31-17-8-6-5-7-16(17)28-22(31)23(24,25)26/h5-12H,4,13-14H2,1-3H3,(H,29,32). The number of nitrogens with zero attached hydrogens (tertiary/aromatic N) is 4. The van der Waals surface area contributed by atoms with Crippen LogP contribution in [0.2, 0.25) is 0 Å². The number of benzene rings is 2. The van der Waals surface area contributed by atoms with E-state index < -0.39 is 24.5 Å². The number of rotatable bonds is 9. The fraction of sp³-hybridized carbons (Fsp3) is 0.304. The predicted octanol–water partition coefficient (Wildman–Crippen LogP) is 3.07.